The van der Waals surface area contributed by atoms with Crippen LogP contribution in [0.3, 0.4) is 0 Å². The normalized spacial score (nSPS) is 10.8. The minimum Gasteiger partial charge on any atom is -0.358 e. The number of nitrogens with zero attached hydrogens (tertiary/aromatic N) is 3. The van der Waals surface area contributed by atoms with Crippen LogP contribution in [0.15, 0.2) is 41.7 Å². The van der Waals surface area contributed by atoms with E-state index in [9.17, 15) is 18.5 Å². The highest BCUT2D eigenvalue weighted by atomic mass is 32.2. The average Bonchev–Trinajstić information content (AvgIpc) is 2.74. The van der Waals surface area contributed by atoms with Gasteiger partial charge in [-0.25, -0.2) is 13.6 Å². The molecule has 0 spiro atoms. The molecular weight excluding hydrogens is 286 g/mol. The summed E-state index contributed by atoms with van der Waals surface area (Å²) in [6.45, 7) is 0.132. The second-order valence-corrected chi connectivity index (χ2v) is 5.27. The van der Waals surface area contributed by atoms with Crippen molar-refractivity contribution in [2.45, 2.75) is 11.6 Å². The molecule has 0 aliphatic carbocycles. The van der Waals surface area contributed by atoms with Crippen molar-refractivity contribution in [3.05, 3.63) is 52.3 Å². The summed E-state index contributed by atoms with van der Waals surface area (Å²) in [7, 11) is -4.23. The molecule has 0 atom stereocenters. The van der Waals surface area contributed by atoms with Crippen molar-refractivity contribution in [3.8, 4) is 0 Å². The molecule has 0 unspecified atom stereocenters. The van der Waals surface area contributed by atoms with E-state index in [-0.39, 0.29) is 12.7 Å². The summed E-state index contributed by atoms with van der Waals surface area (Å²) in [5.74, 6) is -0.765. The largest absolute Gasteiger partial charge is 0.402 e. The van der Waals surface area contributed by atoms with Crippen molar-refractivity contribution >= 4 is 15.8 Å². The number of primary sulfonamides is 1. The summed E-state index contributed by atoms with van der Waals surface area (Å²) >= 11 is 0. The smallest absolute Gasteiger partial charge is 0.358 e. The van der Waals surface area contributed by atoms with Crippen molar-refractivity contribution in [3.63, 3.8) is 0 Å². The maximum absolute atomic E-state index is 11.4. The first-order valence-corrected chi connectivity index (χ1v) is 6.70. The lowest BCUT2D eigenvalue weighted by Crippen LogP contribution is -2.19. The molecule has 108 valence electrons. The predicted octanol–water partition coefficient (Wildman–Crippen LogP) is 0.649. The molecule has 0 aliphatic heterocycles. The number of hydrogen-bond acceptors (Lipinski definition) is 6. The van der Waals surface area contributed by atoms with Crippen molar-refractivity contribution in [2.24, 2.45) is 5.14 Å². The molecule has 10 heteroatoms. The molecule has 0 saturated carbocycles. The first kappa shape index (κ1) is 15.8. The zero-order valence-electron chi connectivity index (χ0n) is 10.3. The van der Waals surface area contributed by atoms with Gasteiger partial charge in [0.05, 0.1) is 6.54 Å². The van der Waals surface area contributed by atoms with E-state index in [1.807, 2.05) is 0 Å². The number of imidazole rings is 1. The van der Waals surface area contributed by atoms with Crippen molar-refractivity contribution in [1.82, 2.24) is 15.7 Å². The van der Waals surface area contributed by atoms with E-state index in [1.165, 1.54) is 0 Å². The number of benzene rings is 1. The highest BCUT2D eigenvalue weighted by Crippen LogP contribution is 2.21. The summed E-state index contributed by atoms with van der Waals surface area (Å²) in [6, 6.07) is 8.88. The molecule has 0 fully saturated rings. The lowest BCUT2D eigenvalue weighted by molar-refractivity contribution is -0.392. The number of aromatic nitrogens is 2. The SMILES string of the molecule is N.NS(=O)(=O)c1c([N+](=O)[O-])ncn1Cc1ccccc1. The molecule has 0 radical (unpaired) electrons. The van der Waals surface area contributed by atoms with Gasteiger partial charge in [0.25, 0.3) is 15.0 Å². The van der Waals surface area contributed by atoms with E-state index < -0.39 is 25.8 Å². The van der Waals surface area contributed by atoms with E-state index >= 15 is 0 Å². The van der Waals surface area contributed by atoms with Crippen LogP contribution >= 0.6 is 0 Å². The van der Waals surface area contributed by atoms with Gasteiger partial charge in [0.1, 0.15) is 0 Å². The van der Waals surface area contributed by atoms with Gasteiger partial charge >= 0.3 is 5.82 Å². The molecule has 2 aromatic rings. The average molecular weight is 299 g/mol. The molecule has 1 heterocycles. The van der Waals surface area contributed by atoms with Crippen LogP contribution < -0.4 is 11.3 Å². The van der Waals surface area contributed by atoms with Gasteiger partial charge in [0.2, 0.25) is 6.33 Å². The predicted molar refractivity (Wildman–Crippen MR) is 70.8 cm³/mol. The van der Waals surface area contributed by atoms with Crippen LogP contribution in [-0.4, -0.2) is 22.9 Å². The Morgan fingerprint density at radius 1 is 1.30 bits per heavy atom. The Balaban J connectivity index is 0.00000200. The monoisotopic (exact) mass is 299 g/mol. The molecule has 20 heavy (non-hydrogen) atoms. The highest BCUT2D eigenvalue weighted by molar-refractivity contribution is 7.89. The fourth-order valence-corrected chi connectivity index (χ4v) is 2.49. The van der Waals surface area contributed by atoms with Crippen molar-refractivity contribution in [2.75, 3.05) is 0 Å². The fourth-order valence-electron chi connectivity index (χ4n) is 1.67. The lowest BCUT2D eigenvalue weighted by Gasteiger charge is -2.05. The summed E-state index contributed by atoms with van der Waals surface area (Å²) in [5.41, 5.74) is 0.777. The van der Waals surface area contributed by atoms with E-state index in [4.69, 9.17) is 5.14 Å². The third-order valence-electron chi connectivity index (χ3n) is 2.41. The molecule has 0 aliphatic rings. The van der Waals surface area contributed by atoms with Gasteiger partial charge in [0.15, 0.2) is 0 Å². The molecule has 1 aromatic heterocycles. The van der Waals surface area contributed by atoms with Gasteiger partial charge in [-0.05, 0) is 15.5 Å². The molecule has 0 bridgehead atoms. The van der Waals surface area contributed by atoms with Crippen molar-refractivity contribution in [1.29, 1.82) is 0 Å². The second-order valence-electron chi connectivity index (χ2n) is 3.79. The first-order chi connectivity index (χ1) is 8.89. The topological polar surface area (TPSA) is 156 Å². The quantitative estimate of drug-likeness (QED) is 0.623. The van der Waals surface area contributed by atoms with E-state index in [0.29, 0.717) is 0 Å². The number of hydrogen-bond donors (Lipinski definition) is 2. The molecule has 9 nitrogen and oxygen atoms in total. The van der Waals surface area contributed by atoms with Gasteiger partial charge < -0.3 is 16.3 Å². The standard InChI is InChI=1S/C10H10N4O4S.H3N/c11-19(17,18)10-9(14(15)16)12-7-13(10)6-8-4-2-1-3-5-8;/h1-5,7H,6H2,(H2,11,17,18);1H3. The van der Waals surface area contributed by atoms with Crippen LogP contribution in [-0.2, 0) is 16.6 Å². The Kier molecular flexibility index (Phi) is 4.55. The summed E-state index contributed by atoms with van der Waals surface area (Å²) in [5, 5.41) is 15.1. The summed E-state index contributed by atoms with van der Waals surface area (Å²) < 4.78 is 24.0. The van der Waals surface area contributed by atoms with Gasteiger partial charge in [-0.1, -0.05) is 30.3 Å². The molecule has 1 aromatic carbocycles. The highest BCUT2D eigenvalue weighted by Gasteiger charge is 2.30. The van der Waals surface area contributed by atoms with Gasteiger partial charge in [0, 0.05) is 0 Å². The third-order valence-corrected chi connectivity index (χ3v) is 3.37. The van der Waals surface area contributed by atoms with Crippen LogP contribution in [0.25, 0.3) is 0 Å². The molecular formula is C10H13N5O4S. The Morgan fingerprint density at radius 3 is 2.40 bits per heavy atom. The zero-order valence-corrected chi connectivity index (χ0v) is 11.2. The number of sulfonamides is 1. The Morgan fingerprint density at radius 2 is 1.90 bits per heavy atom. The van der Waals surface area contributed by atoms with Crippen LogP contribution in [0.1, 0.15) is 5.56 Å². The van der Waals surface area contributed by atoms with Gasteiger partial charge in [-0.2, -0.15) is 0 Å². The number of rotatable bonds is 4. The summed E-state index contributed by atoms with van der Waals surface area (Å²) in [6.07, 6.45) is 1.09. The Hall–Kier alpha value is -2.30. The minimum absolute atomic E-state index is 0. The molecule has 2 rings (SSSR count). The van der Waals surface area contributed by atoms with Crippen LogP contribution in [0.2, 0.25) is 0 Å². The molecule has 0 saturated heterocycles. The van der Waals surface area contributed by atoms with Crippen LogP contribution in [0.4, 0.5) is 5.82 Å². The lowest BCUT2D eigenvalue weighted by atomic mass is 10.2. The van der Waals surface area contributed by atoms with Gasteiger partial charge in [-0.3, -0.25) is 4.57 Å². The van der Waals surface area contributed by atoms with Crippen LogP contribution in [0.5, 0.6) is 0 Å². The zero-order chi connectivity index (χ0) is 14.0. The second kappa shape index (κ2) is 5.77. The minimum atomic E-state index is -4.23. The van der Waals surface area contributed by atoms with E-state index in [2.05, 4.69) is 4.98 Å². The first-order valence-electron chi connectivity index (χ1n) is 5.16. The Labute approximate surface area is 114 Å². The van der Waals surface area contributed by atoms with Crippen molar-refractivity contribution < 1.29 is 13.3 Å². The fraction of sp³-hybridized carbons (Fsp3) is 0.100. The Bertz CT molecular complexity index is 711. The maximum atomic E-state index is 11.4. The number of nitro groups is 1. The van der Waals surface area contributed by atoms with E-state index in [1.54, 1.807) is 30.3 Å². The number of nitrogens with two attached hydrogens (primary N) is 1. The third kappa shape index (κ3) is 3.17. The van der Waals surface area contributed by atoms with Crippen LogP contribution in [0, 0.1) is 10.1 Å². The van der Waals surface area contributed by atoms with Gasteiger partial charge in [-0.15, -0.1) is 0 Å². The van der Waals surface area contributed by atoms with E-state index in [0.717, 1.165) is 16.5 Å². The molecule has 5 N–H and O–H groups in total. The summed E-state index contributed by atoms with van der Waals surface area (Å²) in [4.78, 5) is 13.4. The molecule has 0 amide bonds. The maximum Gasteiger partial charge on any atom is 0.402 e.